The van der Waals surface area contributed by atoms with Gasteiger partial charge in [0.2, 0.25) is 6.61 Å². The number of aliphatic hydroxyl groups is 2. The fraction of sp³-hybridized carbons (Fsp3) is 0.750. The number of nitrogens with zero attached hydrogens (tertiary/aromatic N) is 1. The van der Waals surface area contributed by atoms with Crippen LogP contribution in [0.25, 0.3) is 0 Å². The first kappa shape index (κ1) is 16.8. The Kier molecular flexibility index (Phi) is 5.81. The summed E-state index contributed by atoms with van der Waals surface area (Å²) in [5, 5.41) is 32.3. The number of carboxylic acids is 1. The fourth-order valence-corrected chi connectivity index (χ4v) is 3.10. The minimum atomic E-state index is -1.06. The molecule has 2 saturated carbocycles. The highest BCUT2D eigenvalue weighted by atomic mass is 16.6. The maximum atomic E-state index is 10.4. The average molecular weight is 309 g/mol. The Bertz CT molecular complexity index is 492. The van der Waals surface area contributed by atoms with Crippen LogP contribution in [0.3, 0.4) is 0 Å². The van der Waals surface area contributed by atoms with Gasteiger partial charge in [-0.1, -0.05) is 36.8 Å². The van der Waals surface area contributed by atoms with Crippen molar-refractivity contribution in [1.82, 2.24) is 0 Å². The van der Waals surface area contributed by atoms with E-state index in [0.717, 1.165) is 18.6 Å². The molecule has 0 amide bonds. The summed E-state index contributed by atoms with van der Waals surface area (Å²) in [4.78, 5) is 15.1. The third-order valence-corrected chi connectivity index (χ3v) is 4.38. The van der Waals surface area contributed by atoms with Crippen molar-refractivity contribution in [2.75, 3.05) is 6.61 Å². The van der Waals surface area contributed by atoms with Gasteiger partial charge in [-0.05, 0) is 25.2 Å². The van der Waals surface area contributed by atoms with Gasteiger partial charge in [-0.25, -0.2) is 4.79 Å². The van der Waals surface area contributed by atoms with Gasteiger partial charge in [0.1, 0.15) is 6.10 Å². The summed E-state index contributed by atoms with van der Waals surface area (Å²) >= 11 is 0. The largest absolute Gasteiger partial charge is 0.479 e. The molecule has 0 saturated heterocycles. The van der Waals surface area contributed by atoms with Crippen molar-refractivity contribution >= 4 is 11.7 Å². The van der Waals surface area contributed by atoms with E-state index in [2.05, 4.69) is 23.9 Å². The monoisotopic (exact) mass is 309 g/mol. The Balaban J connectivity index is 1.85. The van der Waals surface area contributed by atoms with Gasteiger partial charge in [0, 0.05) is 11.8 Å². The van der Waals surface area contributed by atoms with E-state index in [1.54, 1.807) is 0 Å². The molecule has 0 aromatic carbocycles. The van der Waals surface area contributed by atoms with Crippen LogP contribution in [0, 0.1) is 29.6 Å². The van der Waals surface area contributed by atoms with Gasteiger partial charge < -0.3 is 20.2 Å². The second-order valence-electron chi connectivity index (χ2n) is 6.00. The highest BCUT2D eigenvalue weighted by Gasteiger charge is 2.51. The molecule has 3 N–H and O–H groups in total. The molecule has 5 atom stereocenters. The van der Waals surface area contributed by atoms with Crippen molar-refractivity contribution in [2.45, 2.75) is 51.2 Å². The average Bonchev–Trinajstić information content (AvgIpc) is 2.70. The summed E-state index contributed by atoms with van der Waals surface area (Å²) in [5.74, 6) is 4.86. The number of oxime groups is 1. The fourth-order valence-electron chi connectivity index (χ4n) is 3.10. The number of aliphatic hydroxyl groups excluding tert-OH is 2. The minimum Gasteiger partial charge on any atom is -0.479 e. The van der Waals surface area contributed by atoms with Gasteiger partial charge in [0.05, 0.1) is 11.8 Å². The zero-order valence-electron chi connectivity index (χ0n) is 12.7. The molecule has 0 aromatic rings. The second-order valence-corrected chi connectivity index (χ2v) is 6.00. The minimum absolute atomic E-state index is 0.121. The van der Waals surface area contributed by atoms with Crippen molar-refractivity contribution in [3.8, 4) is 11.8 Å². The molecule has 6 heteroatoms. The van der Waals surface area contributed by atoms with Crippen molar-refractivity contribution in [1.29, 1.82) is 0 Å². The molecule has 5 unspecified atom stereocenters. The Morgan fingerprint density at radius 3 is 3.00 bits per heavy atom. The Labute approximate surface area is 130 Å². The number of carboxylic acid groups (broad SMARTS) is 1. The SMILES string of the molecule is CCCCC(O)C#CC1CC2C(=NOCC(=O)O)CC2C1O. The van der Waals surface area contributed by atoms with E-state index >= 15 is 0 Å². The van der Waals surface area contributed by atoms with Crippen molar-refractivity contribution < 1.29 is 25.0 Å². The van der Waals surface area contributed by atoms with Gasteiger partial charge in [-0.2, -0.15) is 0 Å². The maximum absolute atomic E-state index is 10.4. The van der Waals surface area contributed by atoms with Crippen molar-refractivity contribution in [2.24, 2.45) is 22.9 Å². The van der Waals surface area contributed by atoms with Gasteiger partial charge in [0.15, 0.2) is 0 Å². The second kappa shape index (κ2) is 7.61. The number of unbranched alkanes of at least 4 members (excludes halogenated alkanes) is 1. The predicted molar refractivity (Wildman–Crippen MR) is 80.0 cm³/mol. The predicted octanol–water partition coefficient (Wildman–Crippen LogP) is 1.02. The van der Waals surface area contributed by atoms with Gasteiger partial charge in [-0.15, -0.1) is 0 Å². The van der Waals surface area contributed by atoms with Crippen LogP contribution in [0.1, 0.15) is 39.0 Å². The molecule has 2 aliphatic carbocycles. The van der Waals surface area contributed by atoms with Gasteiger partial charge in [-0.3, -0.25) is 0 Å². The maximum Gasteiger partial charge on any atom is 0.344 e. The van der Waals surface area contributed by atoms with E-state index in [1.165, 1.54) is 0 Å². The molecule has 2 fully saturated rings. The Hall–Kier alpha value is -1.58. The molecule has 2 rings (SSSR count). The summed E-state index contributed by atoms with van der Waals surface area (Å²) in [6.45, 7) is 1.61. The first-order valence-corrected chi connectivity index (χ1v) is 7.80. The van der Waals surface area contributed by atoms with E-state index in [4.69, 9.17) is 9.94 Å². The van der Waals surface area contributed by atoms with Gasteiger partial charge >= 0.3 is 5.97 Å². The zero-order chi connectivity index (χ0) is 16.1. The third kappa shape index (κ3) is 3.99. The molecule has 0 radical (unpaired) electrons. The molecular weight excluding hydrogens is 286 g/mol. The Morgan fingerprint density at radius 2 is 2.32 bits per heavy atom. The summed E-state index contributed by atoms with van der Waals surface area (Å²) in [5.41, 5.74) is 0.807. The van der Waals surface area contributed by atoms with Crippen LogP contribution >= 0.6 is 0 Å². The zero-order valence-corrected chi connectivity index (χ0v) is 12.7. The summed E-state index contributed by atoms with van der Waals surface area (Å²) in [7, 11) is 0. The summed E-state index contributed by atoms with van der Waals surface area (Å²) in [6, 6.07) is 0. The van der Waals surface area contributed by atoms with Crippen LogP contribution in [0.2, 0.25) is 0 Å². The third-order valence-electron chi connectivity index (χ3n) is 4.38. The van der Waals surface area contributed by atoms with Crippen LogP contribution in [0.4, 0.5) is 0 Å². The number of carbonyl (C=O) groups is 1. The standard InChI is InChI=1S/C16H23NO5/c1-2-3-4-11(18)6-5-10-7-12-13(16(10)21)8-14(12)17-22-9-15(19)20/h10-13,16,18,21H,2-4,7-9H2,1H3,(H,19,20). The molecule has 0 spiro atoms. The lowest BCUT2D eigenvalue weighted by molar-refractivity contribution is -0.142. The Morgan fingerprint density at radius 1 is 1.55 bits per heavy atom. The number of hydrogen-bond acceptors (Lipinski definition) is 5. The quantitative estimate of drug-likeness (QED) is 0.502. The highest BCUT2D eigenvalue weighted by molar-refractivity contribution is 5.93. The molecule has 122 valence electrons. The van der Waals surface area contributed by atoms with Crippen LogP contribution < -0.4 is 0 Å². The van der Waals surface area contributed by atoms with Crippen molar-refractivity contribution in [3.63, 3.8) is 0 Å². The molecule has 6 nitrogen and oxygen atoms in total. The van der Waals surface area contributed by atoms with Crippen LogP contribution in [-0.2, 0) is 9.63 Å². The van der Waals surface area contributed by atoms with Crippen LogP contribution in [-0.4, -0.2) is 45.8 Å². The molecule has 0 heterocycles. The summed E-state index contributed by atoms with van der Waals surface area (Å²) in [6.07, 6.45) is 2.80. The van der Waals surface area contributed by atoms with E-state index < -0.39 is 24.8 Å². The number of hydrogen-bond donors (Lipinski definition) is 3. The van der Waals surface area contributed by atoms with Crippen LogP contribution in [0.15, 0.2) is 5.16 Å². The van der Waals surface area contributed by atoms with Gasteiger partial charge in [0.25, 0.3) is 0 Å². The number of aliphatic carboxylic acids is 1. The van der Waals surface area contributed by atoms with E-state index in [0.29, 0.717) is 19.3 Å². The summed E-state index contributed by atoms with van der Waals surface area (Å²) < 4.78 is 0. The molecule has 22 heavy (non-hydrogen) atoms. The molecule has 0 aliphatic heterocycles. The molecule has 0 bridgehead atoms. The highest BCUT2D eigenvalue weighted by Crippen LogP contribution is 2.47. The van der Waals surface area contributed by atoms with Crippen molar-refractivity contribution in [3.05, 3.63) is 0 Å². The van der Waals surface area contributed by atoms with E-state index in [1.807, 2.05) is 0 Å². The molecule has 2 aliphatic rings. The lowest BCUT2D eigenvalue weighted by Crippen LogP contribution is -2.38. The first-order chi connectivity index (χ1) is 10.5. The smallest absolute Gasteiger partial charge is 0.344 e. The van der Waals surface area contributed by atoms with E-state index in [9.17, 15) is 15.0 Å². The van der Waals surface area contributed by atoms with Crippen LogP contribution in [0.5, 0.6) is 0 Å². The number of rotatable bonds is 6. The lowest BCUT2D eigenvalue weighted by atomic mass is 9.73. The van der Waals surface area contributed by atoms with E-state index in [-0.39, 0.29) is 17.8 Å². The number of fused-ring (bicyclic) bond motifs is 1. The molecule has 0 aromatic heterocycles. The molecular formula is C16H23NO5. The first-order valence-electron chi connectivity index (χ1n) is 7.80. The normalized spacial score (nSPS) is 32.6. The topological polar surface area (TPSA) is 99.4 Å². The lowest BCUT2D eigenvalue weighted by Gasteiger charge is -2.33.